The van der Waals surface area contributed by atoms with Crippen molar-refractivity contribution in [2.45, 2.75) is 64.0 Å². The van der Waals surface area contributed by atoms with Crippen molar-refractivity contribution >= 4 is 23.4 Å². The lowest BCUT2D eigenvalue weighted by Crippen LogP contribution is -2.66. The van der Waals surface area contributed by atoms with E-state index in [-0.39, 0.29) is 18.2 Å². The van der Waals surface area contributed by atoms with Crippen molar-refractivity contribution in [3.63, 3.8) is 0 Å². The summed E-state index contributed by atoms with van der Waals surface area (Å²) in [5.41, 5.74) is 1.14. The molecule has 170 valence electrons. The van der Waals surface area contributed by atoms with Gasteiger partial charge in [-0.15, -0.1) is 0 Å². The Balaban J connectivity index is 1.38. The number of benzene rings is 1. The molecule has 7 nitrogen and oxygen atoms in total. The van der Waals surface area contributed by atoms with Gasteiger partial charge in [0.1, 0.15) is 11.3 Å². The van der Waals surface area contributed by atoms with Crippen LogP contribution in [0.3, 0.4) is 0 Å². The molecule has 0 spiro atoms. The SMILES string of the molecule is CC(C)(C)OC(=O)N1CCN(c2cccc3c2OC(C)(c2ccc(Cl)cn2)O3)[C@H]2CC[C@@H]21. The van der Waals surface area contributed by atoms with E-state index in [1.807, 2.05) is 50.8 Å². The first-order chi connectivity index (χ1) is 15.1. The van der Waals surface area contributed by atoms with E-state index in [0.717, 1.165) is 18.5 Å². The Hall–Kier alpha value is -2.67. The first kappa shape index (κ1) is 21.2. The van der Waals surface area contributed by atoms with E-state index in [1.54, 1.807) is 12.3 Å². The van der Waals surface area contributed by atoms with E-state index in [4.69, 9.17) is 25.8 Å². The van der Waals surface area contributed by atoms with Crippen LogP contribution in [0.1, 0.15) is 46.2 Å². The summed E-state index contributed by atoms with van der Waals surface area (Å²) >= 11 is 6.00. The molecule has 1 aromatic carbocycles. The Morgan fingerprint density at radius 1 is 1.16 bits per heavy atom. The Morgan fingerprint density at radius 2 is 1.94 bits per heavy atom. The highest BCUT2D eigenvalue weighted by atomic mass is 35.5. The summed E-state index contributed by atoms with van der Waals surface area (Å²) in [4.78, 5) is 21.4. The molecule has 2 aliphatic heterocycles. The maximum Gasteiger partial charge on any atom is 0.410 e. The summed E-state index contributed by atoms with van der Waals surface area (Å²) in [6, 6.07) is 9.91. The fraction of sp³-hybridized carbons (Fsp3) is 0.500. The van der Waals surface area contributed by atoms with Crippen molar-refractivity contribution in [3.05, 3.63) is 47.2 Å². The van der Waals surface area contributed by atoms with Crippen LogP contribution in [0.25, 0.3) is 0 Å². The lowest BCUT2D eigenvalue weighted by Gasteiger charge is -2.54. The normalized spacial score (nSPS) is 26.4. The van der Waals surface area contributed by atoms with Gasteiger partial charge in [-0.05, 0) is 57.9 Å². The van der Waals surface area contributed by atoms with Gasteiger partial charge in [0.25, 0.3) is 5.79 Å². The van der Waals surface area contributed by atoms with Gasteiger partial charge in [-0.2, -0.15) is 0 Å². The van der Waals surface area contributed by atoms with E-state index in [2.05, 4.69) is 16.0 Å². The predicted octanol–water partition coefficient (Wildman–Crippen LogP) is 4.97. The number of hydrogen-bond donors (Lipinski definition) is 0. The summed E-state index contributed by atoms with van der Waals surface area (Å²) in [6.45, 7) is 8.87. The summed E-state index contributed by atoms with van der Waals surface area (Å²) in [5.74, 6) is 0.371. The molecule has 5 rings (SSSR count). The van der Waals surface area contributed by atoms with Gasteiger partial charge in [-0.25, -0.2) is 4.79 Å². The highest BCUT2D eigenvalue weighted by Crippen LogP contribution is 2.51. The van der Waals surface area contributed by atoms with Crippen LogP contribution in [0.5, 0.6) is 11.5 Å². The van der Waals surface area contributed by atoms with Gasteiger partial charge < -0.3 is 24.0 Å². The molecule has 1 aromatic heterocycles. The third kappa shape index (κ3) is 3.62. The molecular weight excluding hydrogens is 430 g/mol. The molecule has 1 aliphatic carbocycles. The number of anilines is 1. The third-order valence-corrected chi connectivity index (χ3v) is 6.50. The minimum atomic E-state index is -1.03. The number of carbonyl (C=O) groups excluding carboxylic acids is 1. The van der Waals surface area contributed by atoms with Gasteiger partial charge in [0.15, 0.2) is 11.5 Å². The first-order valence-corrected chi connectivity index (χ1v) is 11.4. The van der Waals surface area contributed by atoms with Crippen molar-refractivity contribution in [3.8, 4) is 11.5 Å². The number of ether oxygens (including phenoxy) is 3. The molecule has 0 N–H and O–H groups in total. The van der Waals surface area contributed by atoms with Crippen LogP contribution in [-0.2, 0) is 10.5 Å². The summed E-state index contributed by atoms with van der Waals surface area (Å²) in [5, 5.41) is 0.562. The van der Waals surface area contributed by atoms with Crippen molar-refractivity contribution < 1.29 is 19.0 Å². The molecule has 8 heteroatoms. The number of halogens is 1. The van der Waals surface area contributed by atoms with E-state index in [1.165, 1.54) is 0 Å². The molecule has 3 atom stereocenters. The Labute approximate surface area is 193 Å². The average Bonchev–Trinajstić information content (AvgIpc) is 3.05. The fourth-order valence-corrected chi connectivity index (χ4v) is 4.78. The number of fused-ring (bicyclic) bond motifs is 2. The summed E-state index contributed by atoms with van der Waals surface area (Å²) in [7, 11) is 0. The highest BCUT2D eigenvalue weighted by Gasteiger charge is 2.48. The van der Waals surface area contributed by atoms with E-state index >= 15 is 0 Å². The molecule has 32 heavy (non-hydrogen) atoms. The molecule has 1 saturated heterocycles. The number of piperazine rings is 1. The summed E-state index contributed by atoms with van der Waals surface area (Å²) in [6.07, 6.45) is 3.35. The molecule has 0 radical (unpaired) electrons. The van der Waals surface area contributed by atoms with Crippen LogP contribution in [0.15, 0.2) is 36.5 Å². The number of nitrogens with zero attached hydrogens (tertiary/aromatic N) is 3. The molecule has 1 unspecified atom stereocenters. The van der Waals surface area contributed by atoms with Gasteiger partial charge in [0.2, 0.25) is 0 Å². The largest absolute Gasteiger partial charge is 0.444 e. The minimum Gasteiger partial charge on any atom is -0.444 e. The number of aromatic nitrogens is 1. The monoisotopic (exact) mass is 457 g/mol. The molecular formula is C24H28ClN3O4. The van der Waals surface area contributed by atoms with Crippen LogP contribution < -0.4 is 14.4 Å². The van der Waals surface area contributed by atoms with Crippen molar-refractivity contribution in [1.29, 1.82) is 0 Å². The van der Waals surface area contributed by atoms with Crippen molar-refractivity contribution in [1.82, 2.24) is 9.88 Å². The second kappa shape index (κ2) is 7.44. The molecule has 1 saturated carbocycles. The predicted molar refractivity (Wildman–Crippen MR) is 121 cm³/mol. The van der Waals surface area contributed by atoms with Crippen LogP contribution in [0, 0.1) is 0 Å². The quantitative estimate of drug-likeness (QED) is 0.634. The van der Waals surface area contributed by atoms with Gasteiger partial charge in [-0.3, -0.25) is 4.98 Å². The Bertz CT molecular complexity index is 1040. The number of rotatable bonds is 2. The first-order valence-electron chi connectivity index (χ1n) is 11.0. The van der Waals surface area contributed by atoms with E-state index < -0.39 is 11.4 Å². The lowest BCUT2D eigenvalue weighted by atomic mass is 9.81. The van der Waals surface area contributed by atoms with Crippen LogP contribution >= 0.6 is 11.6 Å². The van der Waals surface area contributed by atoms with Gasteiger partial charge in [-0.1, -0.05) is 17.7 Å². The average molecular weight is 458 g/mol. The number of para-hydroxylation sites is 1. The third-order valence-electron chi connectivity index (χ3n) is 6.27. The number of hydrogen-bond acceptors (Lipinski definition) is 6. The minimum absolute atomic E-state index is 0.140. The fourth-order valence-electron chi connectivity index (χ4n) is 4.67. The molecule has 3 aliphatic rings. The number of carbonyl (C=O) groups is 1. The number of amides is 1. The second-order valence-electron chi connectivity index (χ2n) is 9.70. The zero-order valence-corrected chi connectivity index (χ0v) is 19.6. The van der Waals surface area contributed by atoms with Gasteiger partial charge in [0.05, 0.1) is 16.8 Å². The smallest absolute Gasteiger partial charge is 0.410 e. The summed E-state index contributed by atoms with van der Waals surface area (Å²) < 4.78 is 18.2. The van der Waals surface area contributed by atoms with Crippen molar-refractivity contribution in [2.75, 3.05) is 18.0 Å². The van der Waals surface area contributed by atoms with Crippen LogP contribution in [0.4, 0.5) is 10.5 Å². The lowest BCUT2D eigenvalue weighted by molar-refractivity contribution is -0.0716. The maximum absolute atomic E-state index is 12.7. The van der Waals surface area contributed by atoms with Crippen molar-refractivity contribution in [2.24, 2.45) is 0 Å². The Kier molecular flexibility index (Phi) is 4.93. The van der Waals surface area contributed by atoms with Crippen LogP contribution in [-0.4, -0.2) is 46.8 Å². The molecule has 1 amide bonds. The molecule has 3 heterocycles. The van der Waals surface area contributed by atoms with Crippen LogP contribution in [0.2, 0.25) is 5.02 Å². The van der Waals surface area contributed by atoms with E-state index in [0.29, 0.717) is 35.3 Å². The van der Waals surface area contributed by atoms with E-state index in [9.17, 15) is 4.79 Å². The standard InChI is InChI=1S/C24H28ClN3O4/c1-23(2,3)32-22(29)28-13-12-27(16-9-10-17(16)28)18-6-5-7-19-21(18)31-24(4,30-19)20-11-8-15(25)14-26-20/h5-8,11,14,16-17H,9-10,12-13H2,1-4H3/t16-,17-,24?/m0/s1. The van der Waals surface area contributed by atoms with Gasteiger partial charge >= 0.3 is 6.09 Å². The molecule has 2 aromatic rings. The molecule has 2 fully saturated rings. The zero-order chi connectivity index (χ0) is 22.7. The zero-order valence-electron chi connectivity index (χ0n) is 18.8. The Morgan fingerprint density at radius 3 is 2.59 bits per heavy atom. The number of pyridine rings is 1. The highest BCUT2D eigenvalue weighted by molar-refractivity contribution is 6.30. The topological polar surface area (TPSA) is 64.1 Å². The van der Waals surface area contributed by atoms with Gasteiger partial charge in [0, 0.05) is 32.3 Å². The maximum atomic E-state index is 12.7. The molecule has 0 bridgehead atoms. The second-order valence-corrected chi connectivity index (χ2v) is 10.1.